The molecule has 0 aliphatic heterocycles. The zero-order chi connectivity index (χ0) is 8.69. The lowest BCUT2D eigenvalue weighted by molar-refractivity contribution is 0.0840. The van der Waals surface area contributed by atoms with Gasteiger partial charge in [-0.3, -0.25) is 0 Å². The smallest absolute Gasteiger partial charge is 0.0599 e. The molecular weight excluding hydrogens is 140 g/mol. The molecular formula is C9H16O2. The summed E-state index contributed by atoms with van der Waals surface area (Å²) in [7, 11) is 0. The second-order valence-electron chi connectivity index (χ2n) is 2.59. The van der Waals surface area contributed by atoms with Crippen molar-refractivity contribution in [1.82, 2.24) is 0 Å². The highest BCUT2D eigenvalue weighted by molar-refractivity contribution is 4.78. The number of rotatable bonds is 6. The first-order valence-corrected chi connectivity index (χ1v) is 3.78. The first-order valence-electron chi connectivity index (χ1n) is 3.78. The molecule has 2 N–H and O–H groups in total. The van der Waals surface area contributed by atoms with E-state index in [0.29, 0.717) is 19.3 Å². The summed E-state index contributed by atoms with van der Waals surface area (Å²) >= 11 is 0. The van der Waals surface area contributed by atoms with Gasteiger partial charge in [-0.2, -0.15) is 0 Å². The van der Waals surface area contributed by atoms with E-state index < -0.39 is 12.2 Å². The molecule has 0 bridgehead atoms. The van der Waals surface area contributed by atoms with Crippen molar-refractivity contribution in [2.24, 2.45) is 0 Å². The molecule has 0 aliphatic carbocycles. The highest BCUT2D eigenvalue weighted by Gasteiger charge is 2.08. The van der Waals surface area contributed by atoms with Crippen molar-refractivity contribution in [3.63, 3.8) is 0 Å². The molecule has 2 atom stereocenters. The highest BCUT2D eigenvalue weighted by atomic mass is 16.3. The Hall–Kier alpha value is -0.600. The first kappa shape index (κ1) is 10.4. The van der Waals surface area contributed by atoms with Crippen LogP contribution in [0.4, 0.5) is 0 Å². The van der Waals surface area contributed by atoms with Crippen molar-refractivity contribution in [1.29, 1.82) is 0 Å². The average molecular weight is 156 g/mol. The van der Waals surface area contributed by atoms with Crippen LogP contribution in [0.5, 0.6) is 0 Å². The molecule has 0 aromatic heterocycles. The van der Waals surface area contributed by atoms with Crippen LogP contribution in [0.25, 0.3) is 0 Å². The fourth-order valence-corrected chi connectivity index (χ4v) is 0.891. The molecule has 0 spiro atoms. The molecule has 64 valence electrons. The van der Waals surface area contributed by atoms with Crippen LogP contribution in [-0.4, -0.2) is 22.4 Å². The normalized spacial score (nSPS) is 15.5. The Balaban J connectivity index is 3.46. The van der Waals surface area contributed by atoms with Gasteiger partial charge in [0.15, 0.2) is 0 Å². The van der Waals surface area contributed by atoms with E-state index in [4.69, 9.17) is 0 Å². The van der Waals surface area contributed by atoms with Gasteiger partial charge in [0.1, 0.15) is 0 Å². The summed E-state index contributed by atoms with van der Waals surface area (Å²) < 4.78 is 0. The molecule has 0 aromatic rings. The van der Waals surface area contributed by atoms with Gasteiger partial charge in [0.05, 0.1) is 12.2 Å². The van der Waals surface area contributed by atoms with Gasteiger partial charge in [-0.05, 0) is 19.3 Å². The summed E-state index contributed by atoms with van der Waals surface area (Å²) in [5.41, 5.74) is 0. The predicted octanol–water partition coefficient (Wildman–Crippen LogP) is 1.25. The van der Waals surface area contributed by atoms with Gasteiger partial charge in [-0.1, -0.05) is 12.2 Å². The van der Waals surface area contributed by atoms with E-state index in [9.17, 15) is 10.2 Å². The highest BCUT2D eigenvalue weighted by Crippen LogP contribution is 2.05. The molecule has 2 heteroatoms. The molecule has 11 heavy (non-hydrogen) atoms. The van der Waals surface area contributed by atoms with E-state index in [1.807, 2.05) is 0 Å². The lowest BCUT2D eigenvalue weighted by Gasteiger charge is -2.11. The number of aliphatic hydroxyl groups excluding tert-OH is 2. The van der Waals surface area contributed by atoms with Crippen LogP contribution in [0.15, 0.2) is 25.3 Å². The van der Waals surface area contributed by atoms with Crippen LogP contribution in [0, 0.1) is 0 Å². The van der Waals surface area contributed by atoms with Crippen molar-refractivity contribution in [2.75, 3.05) is 0 Å². The first-order chi connectivity index (χ1) is 5.20. The quantitative estimate of drug-likeness (QED) is 0.568. The Morgan fingerprint density at radius 3 is 1.64 bits per heavy atom. The molecule has 0 unspecified atom stereocenters. The second-order valence-corrected chi connectivity index (χ2v) is 2.59. The van der Waals surface area contributed by atoms with E-state index in [1.165, 1.54) is 0 Å². The molecule has 0 fully saturated rings. The number of hydrogen-bond acceptors (Lipinski definition) is 2. The van der Waals surface area contributed by atoms with Crippen LogP contribution >= 0.6 is 0 Å². The summed E-state index contributed by atoms with van der Waals surface area (Å²) in [6.45, 7) is 6.98. The Kier molecular flexibility index (Phi) is 5.80. The summed E-state index contributed by atoms with van der Waals surface area (Å²) in [6.07, 6.45) is 3.82. The maximum absolute atomic E-state index is 9.18. The zero-order valence-electron chi connectivity index (χ0n) is 6.74. The topological polar surface area (TPSA) is 40.5 Å². The number of hydrogen-bond donors (Lipinski definition) is 2. The Morgan fingerprint density at radius 2 is 1.36 bits per heavy atom. The van der Waals surface area contributed by atoms with Crippen LogP contribution in [0.2, 0.25) is 0 Å². The maximum Gasteiger partial charge on any atom is 0.0599 e. The maximum atomic E-state index is 9.18. The third kappa shape index (κ3) is 5.83. The molecule has 0 amide bonds. The third-order valence-corrected chi connectivity index (χ3v) is 1.42. The fraction of sp³-hybridized carbons (Fsp3) is 0.556. The van der Waals surface area contributed by atoms with Gasteiger partial charge in [0.2, 0.25) is 0 Å². The van der Waals surface area contributed by atoms with Gasteiger partial charge >= 0.3 is 0 Å². The Labute approximate surface area is 67.9 Å². The van der Waals surface area contributed by atoms with Crippen molar-refractivity contribution in [3.8, 4) is 0 Å². The van der Waals surface area contributed by atoms with Gasteiger partial charge in [0, 0.05) is 0 Å². The SMILES string of the molecule is C=CC[C@@H](O)C[C@H](O)CC=C. The second kappa shape index (κ2) is 6.13. The van der Waals surface area contributed by atoms with Gasteiger partial charge in [-0.15, -0.1) is 13.2 Å². The molecule has 0 aliphatic rings. The predicted molar refractivity (Wildman–Crippen MR) is 46.3 cm³/mol. The Morgan fingerprint density at radius 1 is 1.00 bits per heavy atom. The van der Waals surface area contributed by atoms with Crippen LogP contribution < -0.4 is 0 Å². The summed E-state index contributed by atoms with van der Waals surface area (Å²) in [5, 5.41) is 18.4. The molecule has 0 rings (SSSR count). The standard InChI is InChI=1S/C9H16O2/c1-3-5-8(10)7-9(11)6-4-2/h3-4,8-11H,1-2,5-7H2/t8-,9-/m1/s1. The summed E-state index contributed by atoms with van der Waals surface area (Å²) in [6, 6.07) is 0. The van der Waals surface area contributed by atoms with Crippen molar-refractivity contribution < 1.29 is 10.2 Å². The summed E-state index contributed by atoms with van der Waals surface area (Å²) in [4.78, 5) is 0. The van der Waals surface area contributed by atoms with E-state index in [0.717, 1.165) is 0 Å². The number of aliphatic hydroxyl groups is 2. The van der Waals surface area contributed by atoms with Gasteiger partial charge in [-0.25, -0.2) is 0 Å². The lowest BCUT2D eigenvalue weighted by Crippen LogP contribution is -2.16. The Bertz CT molecular complexity index is 107. The summed E-state index contributed by atoms with van der Waals surface area (Å²) in [5.74, 6) is 0. The lowest BCUT2D eigenvalue weighted by atomic mass is 10.1. The monoisotopic (exact) mass is 156 g/mol. The van der Waals surface area contributed by atoms with Crippen molar-refractivity contribution >= 4 is 0 Å². The van der Waals surface area contributed by atoms with E-state index >= 15 is 0 Å². The van der Waals surface area contributed by atoms with Gasteiger partial charge < -0.3 is 10.2 Å². The van der Waals surface area contributed by atoms with Crippen molar-refractivity contribution in [3.05, 3.63) is 25.3 Å². The van der Waals surface area contributed by atoms with Crippen LogP contribution in [0.3, 0.4) is 0 Å². The molecule has 2 nitrogen and oxygen atoms in total. The molecule has 0 saturated carbocycles. The minimum Gasteiger partial charge on any atom is -0.393 e. The van der Waals surface area contributed by atoms with E-state index in [2.05, 4.69) is 13.2 Å². The third-order valence-electron chi connectivity index (χ3n) is 1.42. The van der Waals surface area contributed by atoms with E-state index in [-0.39, 0.29) is 0 Å². The zero-order valence-corrected chi connectivity index (χ0v) is 6.74. The largest absolute Gasteiger partial charge is 0.393 e. The van der Waals surface area contributed by atoms with Gasteiger partial charge in [0.25, 0.3) is 0 Å². The van der Waals surface area contributed by atoms with Crippen LogP contribution in [-0.2, 0) is 0 Å². The molecule has 0 heterocycles. The molecule has 0 aromatic carbocycles. The average Bonchev–Trinajstić information content (AvgIpc) is 1.87. The molecule has 0 saturated heterocycles. The van der Waals surface area contributed by atoms with E-state index in [1.54, 1.807) is 12.2 Å². The van der Waals surface area contributed by atoms with Crippen molar-refractivity contribution in [2.45, 2.75) is 31.5 Å². The fourth-order valence-electron chi connectivity index (χ4n) is 0.891. The molecule has 0 radical (unpaired) electrons. The van der Waals surface area contributed by atoms with Crippen LogP contribution in [0.1, 0.15) is 19.3 Å². The minimum atomic E-state index is -0.470. The minimum absolute atomic E-state index is 0.401.